The molecule has 1 heterocycles. The van der Waals surface area contributed by atoms with Gasteiger partial charge in [-0.25, -0.2) is 0 Å². The van der Waals surface area contributed by atoms with Crippen molar-refractivity contribution in [2.24, 2.45) is 0 Å². The molecule has 0 amide bonds. The molecule has 1 aromatic rings. The van der Waals surface area contributed by atoms with Gasteiger partial charge in [-0.3, -0.25) is 0 Å². The topological polar surface area (TPSA) is 90.2 Å². The minimum atomic E-state index is -1.30. The number of aliphatic hydroxyl groups excluding tert-OH is 4. The predicted octanol–water partition coefficient (Wildman–Crippen LogP) is -0.238. The van der Waals surface area contributed by atoms with E-state index in [9.17, 15) is 15.3 Å². The van der Waals surface area contributed by atoms with E-state index >= 15 is 0 Å². The number of ether oxygens (including phenoxy) is 1. The minimum Gasteiger partial charge on any atom is -0.394 e. The van der Waals surface area contributed by atoms with Gasteiger partial charge in [0.25, 0.3) is 0 Å². The highest BCUT2D eigenvalue weighted by Crippen LogP contribution is 2.28. The lowest BCUT2D eigenvalue weighted by Gasteiger charge is -2.39. The van der Waals surface area contributed by atoms with Gasteiger partial charge >= 0.3 is 0 Å². The first-order chi connectivity index (χ1) is 9.63. The number of benzene rings is 1. The van der Waals surface area contributed by atoms with Crippen LogP contribution < -0.4 is 0 Å². The van der Waals surface area contributed by atoms with Crippen LogP contribution in [0.1, 0.15) is 5.56 Å². The van der Waals surface area contributed by atoms with Crippen LogP contribution in [0.3, 0.4) is 0 Å². The third-order valence-electron chi connectivity index (χ3n) is 3.36. The van der Waals surface area contributed by atoms with E-state index in [1.807, 2.05) is 30.3 Å². The zero-order valence-electron chi connectivity index (χ0n) is 11.0. The lowest BCUT2D eigenvalue weighted by Crippen LogP contribution is -2.57. The van der Waals surface area contributed by atoms with E-state index in [4.69, 9.17) is 9.84 Å². The van der Waals surface area contributed by atoms with Gasteiger partial charge in [-0.05, 0) is 17.7 Å². The van der Waals surface area contributed by atoms with E-state index in [1.165, 1.54) is 17.3 Å². The summed E-state index contributed by atoms with van der Waals surface area (Å²) in [6, 6.07) is 9.93. The van der Waals surface area contributed by atoms with Crippen LogP contribution in [0.2, 0.25) is 0 Å². The fraction of sp³-hybridized carbons (Fsp3) is 0.571. The maximum Gasteiger partial charge on any atom is 0.132 e. The Kier molecular flexibility index (Phi) is 5.83. The van der Waals surface area contributed by atoms with Crippen LogP contribution in [0, 0.1) is 0 Å². The van der Waals surface area contributed by atoms with Crippen LogP contribution in [-0.4, -0.2) is 62.6 Å². The van der Waals surface area contributed by atoms with E-state index < -0.39 is 29.9 Å². The molecule has 112 valence electrons. The van der Waals surface area contributed by atoms with Crippen LogP contribution in [-0.2, 0) is 11.2 Å². The Morgan fingerprint density at radius 2 is 1.70 bits per heavy atom. The molecular formula is C14H20O5S. The zero-order valence-corrected chi connectivity index (χ0v) is 11.8. The van der Waals surface area contributed by atoms with Gasteiger partial charge in [0.05, 0.1) is 6.61 Å². The molecule has 0 spiro atoms. The molecule has 1 fully saturated rings. The second kappa shape index (κ2) is 7.40. The molecular weight excluding hydrogens is 280 g/mol. The molecule has 0 aliphatic carbocycles. The van der Waals surface area contributed by atoms with E-state index in [0.717, 1.165) is 6.42 Å². The van der Waals surface area contributed by atoms with Crippen molar-refractivity contribution in [1.29, 1.82) is 0 Å². The molecule has 0 aromatic heterocycles. The summed E-state index contributed by atoms with van der Waals surface area (Å²) in [5, 5.41) is 38.3. The van der Waals surface area contributed by atoms with Crippen molar-refractivity contribution in [1.82, 2.24) is 0 Å². The second-order valence-corrected chi connectivity index (χ2v) is 6.01. The standard InChI is InChI=1S/C14H20O5S/c15-8-10-11(16)12(17)13(18)14(19-10)20-7-6-9-4-2-1-3-5-9/h1-5,10-18H,6-8H2/t10-,11-,12+,13+,14-/m0/s1. The van der Waals surface area contributed by atoms with Gasteiger partial charge in [0, 0.05) is 0 Å². The summed E-state index contributed by atoms with van der Waals surface area (Å²) in [5.41, 5.74) is 0.541. The van der Waals surface area contributed by atoms with Gasteiger partial charge in [0.15, 0.2) is 0 Å². The van der Waals surface area contributed by atoms with Crippen molar-refractivity contribution >= 4 is 11.8 Å². The van der Waals surface area contributed by atoms with E-state index in [0.29, 0.717) is 5.75 Å². The van der Waals surface area contributed by atoms with Crippen molar-refractivity contribution in [2.45, 2.75) is 36.3 Å². The van der Waals surface area contributed by atoms with Gasteiger partial charge in [-0.15, -0.1) is 11.8 Å². The molecule has 2 rings (SSSR count). The first kappa shape index (κ1) is 15.8. The van der Waals surface area contributed by atoms with Gasteiger partial charge < -0.3 is 25.2 Å². The highest BCUT2D eigenvalue weighted by Gasteiger charge is 2.43. The highest BCUT2D eigenvalue weighted by molar-refractivity contribution is 7.99. The van der Waals surface area contributed by atoms with Gasteiger partial charge in [-0.2, -0.15) is 0 Å². The summed E-state index contributed by atoms with van der Waals surface area (Å²) in [5.74, 6) is 0.715. The van der Waals surface area contributed by atoms with Crippen LogP contribution in [0.5, 0.6) is 0 Å². The average molecular weight is 300 g/mol. The molecule has 0 bridgehead atoms. The maximum absolute atomic E-state index is 9.88. The summed E-state index contributed by atoms with van der Waals surface area (Å²) < 4.78 is 5.42. The highest BCUT2D eigenvalue weighted by atomic mass is 32.2. The van der Waals surface area contributed by atoms with Crippen molar-refractivity contribution in [3.63, 3.8) is 0 Å². The van der Waals surface area contributed by atoms with Crippen LogP contribution >= 0.6 is 11.8 Å². The largest absolute Gasteiger partial charge is 0.394 e. The van der Waals surface area contributed by atoms with Crippen LogP contribution in [0.4, 0.5) is 0 Å². The van der Waals surface area contributed by atoms with Gasteiger partial charge in [-0.1, -0.05) is 30.3 Å². The summed E-state index contributed by atoms with van der Waals surface area (Å²) in [4.78, 5) is 0. The quantitative estimate of drug-likeness (QED) is 0.600. The fourth-order valence-corrected chi connectivity index (χ4v) is 3.31. The van der Waals surface area contributed by atoms with E-state index in [2.05, 4.69) is 0 Å². The molecule has 1 aromatic carbocycles. The SMILES string of the molecule is OC[C@@H]1O[C@@H](SCCc2ccccc2)[C@H](O)[C@H](O)[C@H]1O. The normalized spacial score (nSPS) is 34.1. The average Bonchev–Trinajstić information content (AvgIpc) is 2.48. The van der Waals surface area contributed by atoms with Crippen LogP contribution in [0.25, 0.3) is 0 Å². The Bertz CT molecular complexity index is 400. The maximum atomic E-state index is 9.88. The Balaban J connectivity index is 1.85. The van der Waals surface area contributed by atoms with Gasteiger partial charge in [0.1, 0.15) is 29.9 Å². The molecule has 20 heavy (non-hydrogen) atoms. The first-order valence-corrected chi connectivity index (χ1v) is 7.64. The Hall–Kier alpha value is -0.630. The van der Waals surface area contributed by atoms with Crippen molar-refractivity contribution in [3.05, 3.63) is 35.9 Å². The molecule has 1 aliphatic rings. The molecule has 0 saturated carbocycles. The van der Waals surface area contributed by atoms with E-state index in [1.54, 1.807) is 0 Å². The van der Waals surface area contributed by atoms with Crippen LogP contribution in [0.15, 0.2) is 30.3 Å². The lowest BCUT2D eigenvalue weighted by atomic mass is 10.0. The molecule has 5 atom stereocenters. The monoisotopic (exact) mass is 300 g/mol. The van der Waals surface area contributed by atoms with Crippen molar-refractivity contribution in [2.75, 3.05) is 12.4 Å². The number of hydrogen-bond donors (Lipinski definition) is 4. The molecule has 1 saturated heterocycles. The smallest absolute Gasteiger partial charge is 0.132 e. The molecule has 0 unspecified atom stereocenters. The molecule has 6 heteroatoms. The minimum absolute atomic E-state index is 0.388. The number of aryl methyl sites for hydroxylation is 1. The number of aliphatic hydroxyl groups is 4. The lowest BCUT2D eigenvalue weighted by molar-refractivity contribution is -0.205. The summed E-state index contributed by atoms with van der Waals surface area (Å²) in [7, 11) is 0. The van der Waals surface area contributed by atoms with Crippen molar-refractivity contribution in [3.8, 4) is 0 Å². The Labute approximate surface area is 122 Å². The molecule has 5 nitrogen and oxygen atoms in total. The fourth-order valence-electron chi connectivity index (χ4n) is 2.14. The number of rotatable bonds is 5. The molecule has 0 radical (unpaired) electrons. The number of thioether (sulfide) groups is 1. The second-order valence-electron chi connectivity index (χ2n) is 4.80. The Morgan fingerprint density at radius 3 is 2.35 bits per heavy atom. The third kappa shape index (κ3) is 3.72. The van der Waals surface area contributed by atoms with Crippen molar-refractivity contribution < 1.29 is 25.2 Å². The van der Waals surface area contributed by atoms with E-state index in [-0.39, 0.29) is 6.61 Å². The molecule has 1 aliphatic heterocycles. The first-order valence-electron chi connectivity index (χ1n) is 6.59. The number of hydrogen-bond acceptors (Lipinski definition) is 6. The third-order valence-corrected chi connectivity index (χ3v) is 4.52. The summed E-state index contributed by atoms with van der Waals surface area (Å²) in [6.07, 6.45) is -3.76. The van der Waals surface area contributed by atoms with Gasteiger partial charge in [0.2, 0.25) is 0 Å². The predicted molar refractivity (Wildman–Crippen MR) is 76.4 cm³/mol. The molecule has 4 N–H and O–H groups in total. The zero-order chi connectivity index (χ0) is 14.5. The summed E-state index contributed by atoms with van der Waals surface area (Å²) >= 11 is 1.37. The summed E-state index contributed by atoms with van der Waals surface area (Å²) in [6.45, 7) is -0.388. The Morgan fingerprint density at radius 1 is 1.00 bits per heavy atom.